The maximum absolute atomic E-state index is 13.7. The van der Waals surface area contributed by atoms with E-state index >= 15 is 0 Å². The molecule has 2 unspecified atom stereocenters. The summed E-state index contributed by atoms with van der Waals surface area (Å²) in [6.07, 6.45) is -0.250. The zero-order valence-electron chi connectivity index (χ0n) is 20.5. The molecule has 202 valence electrons. The normalized spacial score (nSPS) is 21.6. The highest BCUT2D eigenvalue weighted by molar-refractivity contribution is 9.11. The molecule has 0 aliphatic carbocycles. The largest absolute Gasteiger partial charge is 0.465 e. The molecule has 4 atom stereocenters. The average Bonchev–Trinajstić information content (AvgIpc) is 3.20. The first kappa shape index (κ1) is 29.0. The van der Waals surface area contributed by atoms with Crippen LogP contribution < -0.4 is 20.9 Å². The molecule has 1 aliphatic rings. The number of hydrogen-bond donors (Lipinski definition) is 3. The number of nitrogens with one attached hydrogen (secondary N) is 2. The molecule has 2 heterocycles. The van der Waals surface area contributed by atoms with Gasteiger partial charge in [0.2, 0.25) is 0 Å². The summed E-state index contributed by atoms with van der Waals surface area (Å²) in [6, 6.07) is 8.22. The second kappa shape index (κ2) is 12.3. The molecule has 1 aliphatic heterocycles. The molecule has 0 spiro atoms. The summed E-state index contributed by atoms with van der Waals surface area (Å²) in [6.45, 7) is 4.30. The third-order valence-corrected chi connectivity index (χ3v) is 7.37. The third-order valence-electron chi connectivity index (χ3n) is 5.33. The molecule has 0 amide bonds. The zero-order chi connectivity index (χ0) is 27.2. The first-order valence-electron chi connectivity index (χ1n) is 11.4. The number of aromatic amines is 1. The van der Waals surface area contributed by atoms with Gasteiger partial charge in [0, 0.05) is 12.6 Å². The molecule has 12 nitrogen and oxygen atoms in total. The molecule has 1 fully saturated rings. The number of hydrogen-bond acceptors (Lipinski definition) is 9. The number of para-hydroxylation sites is 1. The van der Waals surface area contributed by atoms with Crippen LogP contribution in [0.3, 0.4) is 0 Å². The second-order valence-corrected chi connectivity index (χ2v) is 10.8. The number of nitrogens with zero attached hydrogens (tertiary/aromatic N) is 1. The van der Waals surface area contributed by atoms with E-state index in [-0.39, 0.29) is 24.3 Å². The predicted molar refractivity (Wildman–Crippen MR) is 138 cm³/mol. The summed E-state index contributed by atoms with van der Waals surface area (Å²) in [5.41, 5.74) is -2.54. The van der Waals surface area contributed by atoms with Crippen molar-refractivity contribution < 1.29 is 33.0 Å². The van der Waals surface area contributed by atoms with Crippen molar-refractivity contribution in [1.29, 1.82) is 0 Å². The summed E-state index contributed by atoms with van der Waals surface area (Å²) in [5, 5.41) is 13.2. The molecule has 0 saturated carbocycles. The van der Waals surface area contributed by atoms with Gasteiger partial charge in [0.1, 0.15) is 23.6 Å². The molecule has 1 aromatic heterocycles. The number of aliphatic hydroxyl groups is 1. The van der Waals surface area contributed by atoms with Gasteiger partial charge in [0.15, 0.2) is 0 Å². The summed E-state index contributed by atoms with van der Waals surface area (Å²) in [7, 11) is -4.22. The van der Waals surface area contributed by atoms with Gasteiger partial charge in [-0.05, 0) is 44.0 Å². The molecule has 0 radical (unpaired) electrons. The molecular formula is C23H29BrN3O9P. The number of rotatable bonds is 11. The van der Waals surface area contributed by atoms with Crippen LogP contribution in [0.15, 0.2) is 51.1 Å². The van der Waals surface area contributed by atoms with Crippen LogP contribution in [0.5, 0.6) is 5.75 Å². The lowest BCUT2D eigenvalue weighted by molar-refractivity contribution is -0.149. The van der Waals surface area contributed by atoms with Crippen molar-refractivity contribution >= 4 is 35.7 Å². The summed E-state index contributed by atoms with van der Waals surface area (Å²) < 4.78 is 37.0. The van der Waals surface area contributed by atoms with Crippen LogP contribution in [0.2, 0.25) is 0 Å². The third kappa shape index (κ3) is 7.50. The molecule has 1 aromatic carbocycles. The second-order valence-electron chi connectivity index (χ2n) is 8.63. The minimum Gasteiger partial charge on any atom is -0.465 e. The Labute approximate surface area is 221 Å². The quantitative estimate of drug-likeness (QED) is 0.258. The number of benzene rings is 1. The number of halogens is 1. The predicted octanol–water partition coefficient (Wildman–Crippen LogP) is 2.69. The number of esters is 1. The number of carbonyl (C=O) groups excluding carboxylic acids is 1. The van der Waals surface area contributed by atoms with Crippen molar-refractivity contribution in [2.45, 2.75) is 51.2 Å². The van der Waals surface area contributed by atoms with Crippen LogP contribution in [-0.2, 0) is 23.4 Å². The van der Waals surface area contributed by atoms with Crippen LogP contribution in [0.25, 0.3) is 6.08 Å². The van der Waals surface area contributed by atoms with Crippen LogP contribution in [-0.4, -0.2) is 51.6 Å². The topological polar surface area (TPSA) is 158 Å². The highest BCUT2D eigenvalue weighted by Gasteiger charge is 2.43. The van der Waals surface area contributed by atoms with Crippen molar-refractivity contribution in [2.75, 3.05) is 13.2 Å². The Hall–Kier alpha value is -2.54. The Morgan fingerprint density at radius 2 is 2.05 bits per heavy atom. The lowest BCUT2D eigenvalue weighted by atomic mass is 10.1. The summed E-state index contributed by atoms with van der Waals surface area (Å²) in [4.78, 5) is 40.4. The Bertz CT molecular complexity index is 1280. The lowest BCUT2D eigenvalue weighted by Gasteiger charge is -2.29. The number of H-pyrrole nitrogens is 1. The zero-order valence-corrected chi connectivity index (χ0v) is 22.9. The van der Waals surface area contributed by atoms with Crippen molar-refractivity contribution in [2.24, 2.45) is 0 Å². The van der Waals surface area contributed by atoms with E-state index in [1.165, 1.54) is 31.1 Å². The van der Waals surface area contributed by atoms with E-state index in [1.54, 1.807) is 37.3 Å². The van der Waals surface area contributed by atoms with E-state index in [2.05, 4.69) is 26.0 Å². The van der Waals surface area contributed by atoms with Gasteiger partial charge in [-0.1, -0.05) is 34.1 Å². The Balaban J connectivity index is 1.79. The number of carbonyl (C=O) groups is 1. The molecule has 14 heteroatoms. The maximum Gasteiger partial charge on any atom is 0.459 e. The highest BCUT2D eigenvalue weighted by atomic mass is 79.9. The van der Waals surface area contributed by atoms with Gasteiger partial charge in [-0.3, -0.25) is 23.7 Å². The van der Waals surface area contributed by atoms with Crippen molar-refractivity contribution in [3.63, 3.8) is 0 Å². The Morgan fingerprint density at radius 3 is 2.70 bits per heavy atom. The molecular weight excluding hydrogens is 573 g/mol. The van der Waals surface area contributed by atoms with Gasteiger partial charge in [-0.2, -0.15) is 5.09 Å². The van der Waals surface area contributed by atoms with Crippen LogP contribution in [0.4, 0.5) is 0 Å². The number of aromatic nitrogens is 2. The smallest absolute Gasteiger partial charge is 0.459 e. The maximum atomic E-state index is 13.7. The van der Waals surface area contributed by atoms with Gasteiger partial charge in [0.05, 0.1) is 24.9 Å². The van der Waals surface area contributed by atoms with E-state index in [0.29, 0.717) is 0 Å². The summed E-state index contributed by atoms with van der Waals surface area (Å²) in [5.74, 6) is -0.450. The highest BCUT2D eigenvalue weighted by Crippen LogP contribution is 2.47. The SMILES string of the molecule is CCOC(=O)C(C)(C)NP(=O)(OC[C@H]1O[C@@H](n2cc(C=CBr)c(=O)[nH]c2=O)CC1O)Oc1ccccc1. The Morgan fingerprint density at radius 1 is 1.35 bits per heavy atom. The van der Waals surface area contributed by atoms with Crippen LogP contribution in [0.1, 0.15) is 39.0 Å². The van der Waals surface area contributed by atoms with E-state index in [9.17, 15) is 24.1 Å². The first-order valence-corrected chi connectivity index (χ1v) is 13.9. The molecule has 37 heavy (non-hydrogen) atoms. The molecule has 3 N–H and O–H groups in total. The van der Waals surface area contributed by atoms with Crippen molar-refractivity contribution in [3.05, 3.63) is 67.9 Å². The molecule has 3 rings (SSSR count). The van der Waals surface area contributed by atoms with Gasteiger partial charge in [-0.15, -0.1) is 0 Å². The fourth-order valence-electron chi connectivity index (χ4n) is 3.51. The van der Waals surface area contributed by atoms with E-state index in [1.807, 2.05) is 0 Å². The van der Waals surface area contributed by atoms with Crippen molar-refractivity contribution in [3.8, 4) is 5.75 Å². The fourth-order valence-corrected chi connectivity index (χ4v) is 5.48. The number of aliphatic hydroxyl groups excluding tert-OH is 1. The van der Waals surface area contributed by atoms with Gasteiger partial charge in [0.25, 0.3) is 5.56 Å². The molecule has 2 aromatic rings. The first-order chi connectivity index (χ1) is 17.5. The standard InChI is InChI=1S/C23H29BrN3O9P/c1-4-33-21(30)23(2,3)26-37(32,36-16-8-6-5-7-9-16)34-14-18-17(28)12-19(35-18)27-13-15(10-11-24)20(29)25-22(27)31/h5-11,13,17-19,28H,4,12,14H2,1-3H3,(H,26,32)(H,25,29,31)/t17?,18-,19-,37?/m1/s1. The lowest BCUT2D eigenvalue weighted by Crippen LogP contribution is -2.47. The van der Waals surface area contributed by atoms with E-state index in [0.717, 1.165) is 4.57 Å². The molecule has 1 saturated heterocycles. The molecule has 0 bridgehead atoms. The minimum atomic E-state index is -4.22. The minimum absolute atomic E-state index is 0.00301. The van der Waals surface area contributed by atoms with Gasteiger partial charge >= 0.3 is 19.4 Å². The van der Waals surface area contributed by atoms with E-state index in [4.69, 9.17) is 18.5 Å². The van der Waals surface area contributed by atoms with Gasteiger partial charge < -0.3 is 19.1 Å². The average molecular weight is 602 g/mol. The summed E-state index contributed by atoms with van der Waals surface area (Å²) >= 11 is 3.09. The van der Waals surface area contributed by atoms with E-state index < -0.39 is 55.5 Å². The van der Waals surface area contributed by atoms with Gasteiger partial charge in [-0.25, -0.2) is 9.36 Å². The number of ether oxygens (including phenoxy) is 2. The van der Waals surface area contributed by atoms with Crippen molar-refractivity contribution in [1.82, 2.24) is 14.6 Å². The Kier molecular flexibility index (Phi) is 9.68. The monoisotopic (exact) mass is 601 g/mol. The van der Waals surface area contributed by atoms with Crippen LogP contribution in [0, 0.1) is 0 Å². The fraction of sp³-hybridized carbons (Fsp3) is 0.435. The van der Waals surface area contributed by atoms with Crippen LogP contribution >= 0.6 is 23.7 Å².